The molecule has 0 amide bonds. The van der Waals surface area contributed by atoms with Crippen LogP contribution in [0.5, 0.6) is 0 Å². The van der Waals surface area contributed by atoms with E-state index < -0.39 is 0 Å². The summed E-state index contributed by atoms with van der Waals surface area (Å²) >= 11 is 0. The SMILES string of the molecule is Nc1cc(N)cc(COC(=O)C2CC2)c1. The molecule has 0 spiro atoms. The van der Waals surface area contributed by atoms with Crippen molar-refractivity contribution >= 4 is 17.3 Å². The molecule has 0 atom stereocenters. The predicted octanol–water partition coefficient (Wildman–Crippen LogP) is 1.30. The van der Waals surface area contributed by atoms with Gasteiger partial charge in [0.15, 0.2) is 0 Å². The number of nitrogens with two attached hydrogens (primary N) is 2. The van der Waals surface area contributed by atoms with E-state index in [2.05, 4.69) is 0 Å². The number of anilines is 2. The minimum absolute atomic E-state index is 0.115. The molecule has 1 aromatic rings. The Morgan fingerprint density at radius 1 is 1.27 bits per heavy atom. The molecule has 0 aromatic heterocycles. The smallest absolute Gasteiger partial charge is 0.309 e. The van der Waals surface area contributed by atoms with E-state index in [1.54, 1.807) is 18.2 Å². The van der Waals surface area contributed by atoms with Crippen LogP contribution < -0.4 is 11.5 Å². The van der Waals surface area contributed by atoms with Gasteiger partial charge in [-0.15, -0.1) is 0 Å². The van der Waals surface area contributed by atoms with E-state index >= 15 is 0 Å². The molecular weight excluding hydrogens is 192 g/mol. The second-order valence-electron chi connectivity index (χ2n) is 3.89. The molecule has 80 valence electrons. The normalized spacial score (nSPS) is 14.9. The number of carbonyl (C=O) groups is 1. The standard InChI is InChI=1S/C11H14N2O2/c12-9-3-7(4-10(13)5-9)6-15-11(14)8-1-2-8/h3-5,8H,1-2,6,12-13H2. The van der Waals surface area contributed by atoms with Crippen molar-refractivity contribution in [3.63, 3.8) is 0 Å². The Kier molecular flexibility index (Phi) is 2.49. The molecule has 1 aliphatic carbocycles. The van der Waals surface area contributed by atoms with E-state index in [0.29, 0.717) is 11.4 Å². The number of nitrogen functional groups attached to an aromatic ring is 2. The number of ether oxygens (including phenoxy) is 1. The minimum Gasteiger partial charge on any atom is -0.461 e. The third-order valence-electron chi connectivity index (χ3n) is 2.33. The summed E-state index contributed by atoms with van der Waals surface area (Å²) < 4.78 is 5.11. The van der Waals surface area contributed by atoms with Crippen LogP contribution in [0.15, 0.2) is 18.2 Å². The van der Waals surface area contributed by atoms with Crippen molar-refractivity contribution in [1.82, 2.24) is 0 Å². The molecule has 0 radical (unpaired) electrons. The molecule has 1 aromatic carbocycles. The second kappa shape index (κ2) is 3.81. The molecule has 0 heterocycles. The molecular formula is C11H14N2O2. The van der Waals surface area contributed by atoms with Crippen LogP contribution in [0.1, 0.15) is 18.4 Å². The van der Waals surface area contributed by atoms with Crippen LogP contribution in [0.3, 0.4) is 0 Å². The molecule has 15 heavy (non-hydrogen) atoms. The number of rotatable bonds is 3. The highest BCUT2D eigenvalue weighted by Crippen LogP contribution is 2.30. The lowest BCUT2D eigenvalue weighted by molar-refractivity contribution is -0.146. The summed E-state index contributed by atoms with van der Waals surface area (Å²) in [5, 5.41) is 0. The van der Waals surface area contributed by atoms with Crippen LogP contribution in [0.25, 0.3) is 0 Å². The Balaban J connectivity index is 1.94. The Bertz CT molecular complexity index is 366. The Morgan fingerprint density at radius 3 is 2.40 bits per heavy atom. The van der Waals surface area contributed by atoms with Gasteiger partial charge in [-0.3, -0.25) is 4.79 Å². The van der Waals surface area contributed by atoms with E-state index in [9.17, 15) is 4.79 Å². The molecule has 1 saturated carbocycles. The van der Waals surface area contributed by atoms with E-state index in [0.717, 1.165) is 18.4 Å². The summed E-state index contributed by atoms with van der Waals surface area (Å²) in [5.74, 6) is 0.0133. The molecule has 0 bridgehead atoms. The van der Waals surface area contributed by atoms with E-state index in [1.807, 2.05) is 0 Å². The second-order valence-corrected chi connectivity index (χ2v) is 3.89. The first-order chi connectivity index (χ1) is 7.15. The molecule has 2 rings (SSSR count). The number of benzene rings is 1. The summed E-state index contributed by atoms with van der Waals surface area (Å²) in [7, 11) is 0. The van der Waals surface area contributed by atoms with Crippen molar-refractivity contribution in [2.24, 2.45) is 5.92 Å². The fourth-order valence-electron chi connectivity index (χ4n) is 1.42. The van der Waals surface area contributed by atoms with Crippen LogP contribution in [0.2, 0.25) is 0 Å². The summed E-state index contributed by atoms with van der Waals surface area (Å²) in [6.07, 6.45) is 1.91. The van der Waals surface area contributed by atoms with Gasteiger partial charge in [0.2, 0.25) is 0 Å². The molecule has 4 N–H and O–H groups in total. The molecule has 1 aliphatic rings. The van der Waals surface area contributed by atoms with Gasteiger partial charge >= 0.3 is 5.97 Å². The molecule has 0 unspecified atom stereocenters. The van der Waals surface area contributed by atoms with Gasteiger partial charge in [-0.05, 0) is 36.6 Å². The topological polar surface area (TPSA) is 78.3 Å². The van der Waals surface area contributed by atoms with Crippen molar-refractivity contribution in [2.45, 2.75) is 19.4 Å². The molecule has 4 heteroatoms. The van der Waals surface area contributed by atoms with Crippen LogP contribution in [-0.2, 0) is 16.1 Å². The number of carbonyl (C=O) groups excluding carboxylic acids is 1. The van der Waals surface area contributed by atoms with Crippen LogP contribution in [0, 0.1) is 5.92 Å². The van der Waals surface area contributed by atoms with Crippen molar-refractivity contribution in [2.75, 3.05) is 11.5 Å². The maximum Gasteiger partial charge on any atom is 0.309 e. The third-order valence-corrected chi connectivity index (χ3v) is 2.33. The molecule has 0 saturated heterocycles. The van der Waals surface area contributed by atoms with Gasteiger partial charge in [0.25, 0.3) is 0 Å². The number of hydrogen-bond donors (Lipinski definition) is 2. The zero-order valence-electron chi connectivity index (χ0n) is 8.40. The Hall–Kier alpha value is -1.71. The monoisotopic (exact) mass is 206 g/mol. The van der Waals surface area contributed by atoms with Crippen molar-refractivity contribution in [1.29, 1.82) is 0 Å². The quantitative estimate of drug-likeness (QED) is 0.577. The lowest BCUT2D eigenvalue weighted by Crippen LogP contribution is -2.06. The summed E-state index contributed by atoms with van der Waals surface area (Å²) in [6.45, 7) is 0.255. The van der Waals surface area contributed by atoms with Gasteiger partial charge in [0, 0.05) is 11.4 Å². The van der Waals surface area contributed by atoms with Gasteiger partial charge in [-0.25, -0.2) is 0 Å². The fraction of sp³-hybridized carbons (Fsp3) is 0.364. The third kappa shape index (κ3) is 2.62. The van der Waals surface area contributed by atoms with Gasteiger partial charge in [-0.2, -0.15) is 0 Å². The number of esters is 1. The number of hydrogen-bond acceptors (Lipinski definition) is 4. The van der Waals surface area contributed by atoms with Crippen molar-refractivity contribution in [3.05, 3.63) is 23.8 Å². The fourth-order valence-corrected chi connectivity index (χ4v) is 1.42. The highest BCUT2D eigenvalue weighted by Gasteiger charge is 2.31. The first-order valence-electron chi connectivity index (χ1n) is 4.97. The maximum absolute atomic E-state index is 11.3. The summed E-state index contributed by atoms with van der Waals surface area (Å²) in [5.41, 5.74) is 13.3. The zero-order valence-corrected chi connectivity index (χ0v) is 8.40. The average Bonchev–Trinajstić information content (AvgIpc) is 2.95. The van der Waals surface area contributed by atoms with Gasteiger partial charge < -0.3 is 16.2 Å². The van der Waals surface area contributed by atoms with Crippen molar-refractivity contribution < 1.29 is 9.53 Å². The Labute approximate surface area is 88.2 Å². The van der Waals surface area contributed by atoms with E-state index in [1.165, 1.54) is 0 Å². The first-order valence-corrected chi connectivity index (χ1v) is 4.97. The van der Waals surface area contributed by atoms with Gasteiger partial charge in [-0.1, -0.05) is 0 Å². The lowest BCUT2D eigenvalue weighted by Gasteiger charge is -2.06. The summed E-state index contributed by atoms with van der Waals surface area (Å²) in [6, 6.07) is 5.19. The van der Waals surface area contributed by atoms with E-state index in [4.69, 9.17) is 16.2 Å². The zero-order chi connectivity index (χ0) is 10.8. The van der Waals surface area contributed by atoms with Crippen LogP contribution in [-0.4, -0.2) is 5.97 Å². The van der Waals surface area contributed by atoms with Crippen LogP contribution in [0.4, 0.5) is 11.4 Å². The van der Waals surface area contributed by atoms with Crippen molar-refractivity contribution in [3.8, 4) is 0 Å². The molecule has 1 fully saturated rings. The lowest BCUT2D eigenvalue weighted by atomic mass is 10.2. The largest absolute Gasteiger partial charge is 0.461 e. The highest BCUT2D eigenvalue weighted by molar-refractivity contribution is 5.74. The van der Waals surface area contributed by atoms with E-state index in [-0.39, 0.29) is 18.5 Å². The minimum atomic E-state index is -0.115. The predicted molar refractivity (Wildman–Crippen MR) is 57.8 cm³/mol. The van der Waals surface area contributed by atoms with Crippen LogP contribution >= 0.6 is 0 Å². The Morgan fingerprint density at radius 2 is 1.87 bits per heavy atom. The summed E-state index contributed by atoms with van der Waals surface area (Å²) in [4.78, 5) is 11.3. The molecule has 4 nitrogen and oxygen atoms in total. The highest BCUT2D eigenvalue weighted by atomic mass is 16.5. The maximum atomic E-state index is 11.3. The first kappa shape index (κ1) is 9.83. The molecule has 0 aliphatic heterocycles. The average molecular weight is 206 g/mol. The van der Waals surface area contributed by atoms with Gasteiger partial charge in [0.05, 0.1) is 5.92 Å². The van der Waals surface area contributed by atoms with Gasteiger partial charge in [0.1, 0.15) is 6.61 Å².